The van der Waals surface area contributed by atoms with Gasteiger partial charge in [0, 0.05) is 17.1 Å². The topological polar surface area (TPSA) is 24.9 Å². The second-order valence-corrected chi connectivity index (χ2v) is 5.78. The van der Waals surface area contributed by atoms with Gasteiger partial charge in [-0.15, -0.1) is 11.3 Å². The first-order chi connectivity index (χ1) is 8.92. The van der Waals surface area contributed by atoms with Crippen molar-refractivity contribution >= 4 is 11.3 Å². The number of aromatic nitrogens is 1. The first-order valence-electron chi connectivity index (χ1n) is 6.00. The van der Waals surface area contributed by atoms with Crippen LogP contribution < -0.4 is 5.32 Å². The molecule has 1 heterocycles. The lowest BCUT2D eigenvalue weighted by Gasteiger charge is -2.27. The highest BCUT2D eigenvalue weighted by molar-refractivity contribution is 7.09. The summed E-state index contributed by atoms with van der Waals surface area (Å²) in [6.07, 6.45) is 1.68. The maximum Gasteiger partial charge on any atom is 0.285 e. The Labute approximate surface area is 115 Å². The highest BCUT2D eigenvalue weighted by Gasteiger charge is 2.34. The Morgan fingerprint density at radius 1 is 1.21 bits per heavy atom. The predicted octanol–water partition coefficient (Wildman–Crippen LogP) is 3.76. The summed E-state index contributed by atoms with van der Waals surface area (Å²) < 4.78 is 28.1. The maximum atomic E-state index is 14.0. The van der Waals surface area contributed by atoms with Gasteiger partial charge < -0.3 is 0 Å². The van der Waals surface area contributed by atoms with E-state index < -0.39 is 18.0 Å². The minimum absolute atomic E-state index is 0.0254. The van der Waals surface area contributed by atoms with Crippen molar-refractivity contribution in [2.75, 3.05) is 6.54 Å². The zero-order valence-electron chi connectivity index (χ0n) is 10.9. The lowest BCUT2D eigenvalue weighted by Crippen LogP contribution is -2.42. The molecule has 0 unspecified atom stereocenters. The molecule has 1 aromatic heterocycles. The molecule has 0 saturated carbocycles. The van der Waals surface area contributed by atoms with Gasteiger partial charge in [0.15, 0.2) is 0 Å². The average molecular weight is 282 g/mol. The van der Waals surface area contributed by atoms with Crippen molar-refractivity contribution in [3.8, 4) is 0 Å². The summed E-state index contributed by atoms with van der Waals surface area (Å²) in [5.74, 6) is -2.89. The van der Waals surface area contributed by atoms with E-state index in [4.69, 9.17) is 0 Å². The third-order valence-corrected chi connectivity index (χ3v) is 4.01. The van der Waals surface area contributed by atoms with Crippen molar-refractivity contribution in [3.63, 3.8) is 0 Å². The summed E-state index contributed by atoms with van der Waals surface area (Å²) in [5, 5.41) is 5.54. The molecule has 0 fully saturated rings. The number of rotatable bonds is 5. The Morgan fingerprint density at radius 2 is 1.89 bits per heavy atom. The molecule has 2 aromatic rings. The van der Waals surface area contributed by atoms with Gasteiger partial charge in [-0.3, -0.25) is 5.32 Å². The van der Waals surface area contributed by atoms with E-state index in [0.717, 1.165) is 5.01 Å². The minimum Gasteiger partial charge on any atom is -0.300 e. The van der Waals surface area contributed by atoms with Crippen LogP contribution in [0.25, 0.3) is 0 Å². The molecule has 0 radical (unpaired) electrons. The predicted molar refractivity (Wildman–Crippen MR) is 73.5 cm³/mol. The van der Waals surface area contributed by atoms with Crippen LogP contribution in [-0.4, -0.2) is 11.5 Å². The molecule has 0 aliphatic rings. The monoisotopic (exact) mass is 282 g/mol. The van der Waals surface area contributed by atoms with Crippen molar-refractivity contribution < 1.29 is 8.78 Å². The van der Waals surface area contributed by atoms with Crippen LogP contribution in [-0.2, 0) is 11.5 Å². The number of halogens is 2. The second kappa shape index (κ2) is 5.35. The van der Waals surface area contributed by atoms with Gasteiger partial charge in [0.2, 0.25) is 0 Å². The Bertz CT molecular complexity index is 510. The van der Waals surface area contributed by atoms with Gasteiger partial charge >= 0.3 is 0 Å². The van der Waals surface area contributed by atoms with Crippen LogP contribution in [0, 0.1) is 0 Å². The normalized spacial score (nSPS) is 12.6. The van der Waals surface area contributed by atoms with Gasteiger partial charge in [-0.2, -0.15) is 8.78 Å². The van der Waals surface area contributed by atoms with Crippen LogP contribution in [0.1, 0.15) is 24.4 Å². The van der Waals surface area contributed by atoms with Crippen molar-refractivity contribution in [1.29, 1.82) is 0 Å². The number of nitrogens with one attached hydrogen (secondary N) is 1. The van der Waals surface area contributed by atoms with Crippen LogP contribution in [0.3, 0.4) is 0 Å². The standard InChI is InChI=1S/C14H16F2N2S/c1-13(2,12-17-8-9-19-12)18-10-14(15,16)11-6-4-3-5-7-11/h3-9,18H,10H2,1-2H3. The van der Waals surface area contributed by atoms with E-state index >= 15 is 0 Å². The molecule has 2 rings (SSSR count). The number of benzene rings is 1. The molecule has 0 saturated heterocycles. The molecule has 0 atom stereocenters. The molecule has 1 aromatic carbocycles. The first-order valence-corrected chi connectivity index (χ1v) is 6.88. The van der Waals surface area contributed by atoms with Crippen LogP contribution >= 0.6 is 11.3 Å². The summed E-state index contributed by atoms with van der Waals surface area (Å²) in [4.78, 5) is 4.17. The lowest BCUT2D eigenvalue weighted by atomic mass is 10.0. The molecule has 1 N–H and O–H groups in total. The van der Waals surface area contributed by atoms with Crippen molar-refractivity contribution in [3.05, 3.63) is 52.5 Å². The van der Waals surface area contributed by atoms with Crippen LogP contribution in [0.2, 0.25) is 0 Å². The van der Waals surface area contributed by atoms with Gasteiger partial charge in [-0.1, -0.05) is 30.3 Å². The van der Waals surface area contributed by atoms with Gasteiger partial charge in [-0.05, 0) is 13.8 Å². The summed E-state index contributed by atoms with van der Waals surface area (Å²) >= 11 is 1.46. The van der Waals surface area contributed by atoms with Crippen LogP contribution in [0.4, 0.5) is 8.78 Å². The Morgan fingerprint density at radius 3 is 2.47 bits per heavy atom. The number of nitrogens with zero attached hydrogens (tertiary/aromatic N) is 1. The van der Waals surface area contributed by atoms with E-state index in [2.05, 4.69) is 10.3 Å². The molecule has 102 valence electrons. The minimum atomic E-state index is -2.89. The summed E-state index contributed by atoms with van der Waals surface area (Å²) in [6, 6.07) is 7.85. The fourth-order valence-electron chi connectivity index (χ4n) is 1.72. The molecular formula is C14H16F2N2S. The average Bonchev–Trinajstić information content (AvgIpc) is 2.93. The molecule has 0 bridgehead atoms. The maximum absolute atomic E-state index is 14.0. The van der Waals surface area contributed by atoms with Crippen molar-refractivity contribution in [2.45, 2.75) is 25.3 Å². The molecule has 0 aliphatic heterocycles. The van der Waals surface area contributed by atoms with E-state index in [0.29, 0.717) is 0 Å². The number of alkyl halides is 2. The number of thiazole rings is 1. The molecular weight excluding hydrogens is 266 g/mol. The second-order valence-electron chi connectivity index (χ2n) is 4.89. The summed E-state index contributed by atoms with van der Waals surface area (Å²) in [7, 11) is 0. The third-order valence-electron chi connectivity index (χ3n) is 2.92. The molecule has 0 amide bonds. The summed E-state index contributed by atoms with van der Waals surface area (Å²) in [5.41, 5.74) is -0.538. The molecule has 0 spiro atoms. The van der Waals surface area contributed by atoms with Gasteiger partial charge in [0.1, 0.15) is 5.01 Å². The highest BCUT2D eigenvalue weighted by atomic mass is 32.1. The van der Waals surface area contributed by atoms with Crippen LogP contribution in [0.5, 0.6) is 0 Å². The van der Waals surface area contributed by atoms with Gasteiger partial charge in [0.25, 0.3) is 5.92 Å². The smallest absolute Gasteiger partial charge is 0.285 e. The van der Waals surface area contributed by atoms with Crippen LogP contribution in [0.15, 0.2) is 41.9 Å². The third kappa shape index (κ3) is 3.36. The van der Waals surface area contributed by atoms with Gasteiger partial charge in [0.05, 0.1) is 12.1 Å². The van der Waals surface area contributed by atoms with Gasteiger partial charge in [-0.25, -0.2) is 4.98 Å². The van der Waals surface area contributed by atoms with Crippen molar-refractivity contribution in [1.82, 2.24) is 10.3 Å². The lowest BCUT2D eigenvalue weighted by molar-refractivity contribution is -0.00969. The Balaban J connectivity index is 2.06. The van der Waals surface area contributed by atoms with Crippen molar-refractivity contribution in [2.24, 2.45) is 0 Å². The van der Waals surface area contributed by atoms with E-state index in [1.165, 1.54) is 23.5 Å². The fraction of sp³-hybridized carbons (Fsp3) is 0.357. The molecule has 5 heteroatoms. The van der Waals surface area contributed by atoms with E-state index in [1.54, 1.807) is 24.4 Å². The Hall–Kier alpha value is -1.33. The highest BCUT2D eigenvalue weighted by Crippen LogP contribution is 2.29. The SMILES string of the molecule is CC(C)(NCC(F)(F)c1ccccc1)c1nccs1. The molecule has 2 nitrogen and oxygen atoms in total. The van der Waals surface area contributed by atoms with E-state index in [9.17, 15) is 8.78 Å². The fourth-order valence-corrected chi connectivity index (χ4v) is 2.46. The Kier molecular flexibility index (Phi) is 3.96. The zero-order chi connectivity index (χ0) is 13.9. The molecule has 19 heavy (non-hydrogen) atoms. The van der Waals surface area contributed by atoms with E-state index in [1.807, 2.05) is 19.2 Å². The van der Waals surface area contributed by atoms with E-state index in [-0.39, 0.29) is 5.56 Å². The quantitative estimate of drug-likeness (QED) is 0.903. The number of hydrogen-bond acceptors (Lipinski definition) is 3. The largest absolute Gasteiger partial charge is 0.300 e. The molecule has 0 aliphatic carbocycles. The first kappa shape index (κ1) is 14.1. The zero-order valence-corrected chi connectivity index (χ0v) is 11.7. The number of hydrogen-bond donors (Lipinski definition) is 1. The summed E-state index contributed by atoms with van der Waals surface area (Å²) in [6.45, 7) is 3.30.